The van der Waals surface area contributed by atoms with Crippen molar-refractivity contribution in [1.29, 1.82) is 0 Å². The summed E-state index contributed by atoms with van der Waals surface area (Å²) in [6, 6.07) is 10.8. The molecule has 0 radical (unpaired) electrons. The highest BCUT2D eigenvalue weighted by Crippen LogP contribution is 2.36. The van der Waals surface area contributed by atoms with Crippen molar-refractivity contribution in [2.45, 2.75) is 25.8 Å². The summed E-state index contributed by atoms with van der Waals surface area (Å²) >= 11 is 12.8. The van der Waals surface area contributed by atoms with Crippen molar-refractivity contribution in [2.75, 3.05) is 18.1 Å². The highest BCUT2D eigenvalue weighted by atomic mass is 35.5. The van der Waals surface area contributed by atoms with Gasteiger partial charge in [-0.15, -0.1) is 0 Å². The first-order valence-corrected chi connectivity index (χ1v) is 14.6. The minimum Gasteiger partial charge on any atom is -0.324 e. The van der Waals surface area contributed by atoms with Gasteiger partial charge in [0.2, 0.25) is 21.7 Å². The zero-order valence-corrected chi connectivity index (χ0v) is 23.5. The number of para-hydroxylation sites is 1. The van der Waals surface area contributed by atoms with E-state index in [2.05, 4.69) is 20.3 Å². The molecular formula is C26H23Cl2N7O3S. The molecule has 5 aromatic rings. The van der Waals surface area contributed by atoms with Gasteiger partial charge in [0.1, 0.15) is 5.39 Å². The Morgan fingerprint density at radius 2 is 1.82 bits per heavy atom. The third-order valence-corrected chi connectivity index (χ3v) is 8.70. The highest BCUT2D eigenvalue weighted by molar-refractivity contribution is 7.88. The lowest BCUT2D eigenvalue weighted by Gasteiger charge is -2.38. The third-order valence-electron chi connectivity index (χ3n) is 6.89. The molecular weight excluding hydrogens is 561 g/mol. The summed E-state index contributed by atoms with van der Waals surface area (Å²) in [5, 5.41) is 4.05. The number of benzene rings is 2. The molecule has 10 nitrogen and oxygen atoms in total. The summed E-state index contributed by atoms with van der Waals surface area (Å²) in [6.07, 6.45) is 5.92. The van der Waals surface area contributed by atoms with Crippen molar-refractivity contribution in [1.82, 2.24) is 28.2 Å². The average molecular weight is 584 g/mol. The number of fused-ring (bicyclic) bond motifs is 4. The topological polar surface area (TPSA) is 114 Å². The van der Waals surface area contributed by atoms with Gasteiger partial charge in [-0.1, -0.05) is 49.2 Å². The van der Waals surface area contributed by atoms with Crippen LogP contribution >= 0.6 is 23.2 Å². The van der Waals surface area contributed by atoms with E-state index in [9.17, 15) is 13.2 Å². The molecule has 13 heteroatoms. The SMILES string of the molecule is CC1(C)CN(S(C)(=O)=O)Cc2cc(Nc3ncc4c(=O)n(-c5c(Cl)cccc5Cl)c5nccn5c4n3)ccc21. The van der Waals surface area contributed by atoms with Crippen LogP contribution in [0.5, 0.6) is 0 Å². The Morgan fingerprint density at radius 3 is 2.54 bits per heavy atom. The predicted molar refractivity (Wildman–Crippen MR) is 152 cm³/mol. The second kappa shape index (κ2) is 9.02. The van der Waals surface area contributed by atoms with Gasteiger partial charge in [0.05, 0.1) is 22.0 Å². The fourth-order valence-electron chi connectivity index (χ4n) is 5.11. The first kappa shape index (κ1) is 25.8. The van der Waals surface area contributed by atoms with Crippen molar-refractivity contribution in [3.8, 4) is 5.69 Å². The zero-order valence-electron chi connectivity index (χ0n) is 21.2. The molecule has 39 heavy (non-hydrogen) atoms. The summed E-state index contributed by atoms with van der Waals surface area (Å²) in [7, 11) is -3.35. The number of rotatable bonds is 4. The van der Waals surface area contributed by atoms with E-state index in [0.717, 1.165) is 11.1 Å². The molecule has 0 bridgehead atoms. The molecule has 1 aliphatic rings. The van der Waals surface area contributed by atoms with Crippen molar-refractivity contribution in [2.24, 2.45) is 0 Å². The molecule has 4 heterocycles. The largest absolute Gasteiger partial charge is 0.324 e. The Morgan fingerprint density at radius 1 is 1.08 bits per heavy atom. The van der Waals surface area contributed by atoms with Gasteiger partial charge in [-0.05, 0) is 35.4 Å². The van der Waals surface area contributed by atoms with Crippen LogP contribution in [0.2, 0.25) is 10.0 Å². The smallest absolute Gasteiger partial charge is 0.270 e. The zero-order chi connectivity index (χ0) is 27.7. The van der Waals surface area contributed by atoms with Crippen LogP contribution in [-0.4, -0.2) is 49.4 Å². The van der Waals surface area contributed by atoms with E-state index in [-0.39, 0.29) is 23.3 Å². The van der Waals surface area contributed by atoms with Crippen molar-refractivity contribution < 1.29 is 8.42 Å². The molecule has 200 valence electrons. The number of sulfonamides is 1. The fourth-order valence-corrected chi connectivity index (χ4v) is 6.60. The Labute approximate surface area is 233 Å². The van der Waals surface area contributed by atoms with E-state index in [1.54, 1.807) is 35.0 Å². The first-order chi connectivity index (χ1) is 18.4. The van der Waals surface area contributed by atoms with Crippen molar-refractivity contribution >= 4 is 61.7 Å². The molecule has 0 amide bonds. The number of anilines is 2. The van der Waals surface area contributed by atoms with E-state index in [4.69, 9.17) is 23.2 Å². The summed E-state index contributed by atoms with van der Waals surface area (Å²) < 4.78 is 29.1. The minimum atomic E-state index is -3.35. The van der Waals surface area contributed by atoms with Gasteiger partial charge in [0, 0.05) is 42.8 Å². The molecule has 0 unspecified atom stereocenters. The van der Waals surface area contributed by atoms with Gasteiger partial charge >= 0.3 is 0 Å². The Kier molecular flexibility index (Phi) is 5.96. The normalized spacial score (nSPS) is 15.5. The number of aromatic nitrogens is 5. The van der Waals surface area contributed by atoms with E-state index in [1.165, 1.54) is 21.3 Å². The van der Waals surface area contributed by atoms with Crippen LogP contribution in [0.25, 0.3) is 22.5 Å². The average Bonchev–Trinajstić information content (AvgIpc) is 3.34. The second-order valence-corrected chi connectivity index (χ2v) is 12.9. The third kappa shape index (κ3) is 4.35. The monoisotopic (exact) mass is 583 g/mol. The lowest BCUT2D eigenvalue weighted by molar-refractivity contribution is 0.302. The lowest BCUT2D eigenvalue weighted by Crippen LogP contribution is -2.44. The van der Waals surface area contributed by atoms with Gasteiger partial charge in [0.15, 0.2) is 5.65 Å². The highest BCUT2D eigenvalue weighted by Gasteiger charge is 2.35. The van der Waals surface area contributed by atoms with E-state index < -0.39 is 15.6 Å². The number of nitrogens with one attached hydrogen (secondary N) is 1. The van der Waals surface area contributed by atoms with Gasteiger partial charge in [0.25, 0.3) is 5.56 Å². The molecule has 0 saturated carbocycles. The number of halogens is 2. The van der Waals surface area contributed by atoms with Crippen LogP contribution in [0.1, 0.15) is 25.0 Å². The second-order valence-electron chi connectivity index (χ2n) is 10.2. The molecule has 1 N–H and O–H groups in total. The lowest BCUT2D eigenvalue weighted by atomic mass is 9.79. The van der Waals surface area contributed by atoms with Crippen molar-refractivity contribution in [3.63, 3.8) is 0 Å². The maximum Gasteiger partial charge on any atom is 0.270 e. The number of hydrogen-bond donors (Lipinski definition) is 1. The number of nitrogens with zero attached hydrogens (tertiary/aromatic N) is 6. The van der Waals surface area contributed by atoms with E-state index >= 15 is 0 Å². The van der Waals surface area contributed by atoms with Crippen LogP contribution in [0, 0.1) is 0 Å². The number of hydrogen-bond acceptors (Lipinski definition) is 7. The standard InChI is InChI=1S/C26H23Cl2N7O3S/c1-26(2)14-33(39(3,37)38)13-15-11-16(7-8-18(15)26)31-24-30-12-17-22(32-24)34-10-9-29-25(34)35(23(17)36)21-19(27)5-4-6-20(21)28/h4-12H,13-14H2,1-3H3,(H,30,31,32). The quantitative estimate of drug-likeness (QED) is 0.330. The fraction of sp³-hybridized carbons (Fsp3) is 0.231. The van der Waals surface area contributed by atoms with Gasteiger partial charge < -0.3 is 5.32 Å². The molecule has 0 atom stereocenters. The maximum absolute atomic E-state index is 13.6. The summed E-state index contributed by atoms with van der Waals surface area (Å²) in [6.45, 7) is 4.76. The Hall–Kier alpha value is -3.51. The van der Waals surface area contributed by atoms with E-state index in [0.29, 0.717) is 39.4 Å². The van der Waals surface area contributed by atoms with Gasteiger partial charge in [-0.3, -0.25) is 9.20 Å². The summed E-state index contributed by atoms with van der Waals surface area (Å²) in [5.74, 6) is 0.560. The maximum atomic E-state index is 13.6. The molecule has 0 saturated heterocycles. The van der Waals surface area contributed by atoms with E-state index in [1.807, 2.05) is 32.0 Å². The number of imidazole rings is 1. The molecule has 0 spiro atoms. The predicted octanol–water partition coefficient (Wildman–Crippen LogP) is 4.53. The Bertz CT molecular complexity index is 1950. The molecule has 3 aromatic heterocycles. The molecule has 0 aliphatic carbocycles. The van der Waals surface area contributed by atoms with Crippen LogP contribution in [0.3, 0.4) is 0 Å². The van der Waals surface area contributed by atoms with Crippen LogP contribution in [0.4, 0.5) is 11.6 Å². The van der Waals surface area contributed by atoms with Crippen molar-refractivity contribution in [3.05, 3.63) is 86.5 Å². The summed E-state index contributed by atoms with van der Waals surface area (Å²) in [5.41, 5.74) is 2.61. The molecule has 1 aliphatic heterocycles. The first-order valence-electron chi connectivity index (χ1n) is 12.0. The van der Waals surface area contributed by atoms with Gasteiger partial charge in [-0.2, -0.15) is 9.29 Å². The molecule has 6 rings (SSSR count). The summed E-state index contributed by atoms with van der Waals surface area (Å²) in [4.78, 5) is 27.0. The van der Waals surface area contributed by atoms with Crippen LogP contribution in [-0.2, 0) is 22.0 Å². The van der Waals surface area contributed by atoms with Crippen LogP contribution < -0.4 is 10.9 Å². The minimum absolute atomic E-state index is 0.248. The van der Waals surface area contributed by atoms with Gasteiger partial charge in [-0.25, -0.2) is 23.0 Å². The molecule has 0 fully saturated rings. The van der Waals surface area contributed by atoms with Crippen LogP contribution in [0.15, 0.2) is 59.8 Å². The Balaban J connectivity index is 1.43. The molecule has 2 aromatic carbocycles.